The van der Waals surface area contributed by atoms with Crippen molar-refractivity contribution in [3.05, 3.63) is 72.8 Å². The van der Waals surface area contributed by atoms with Gasteiger partial charge in [0.1, 0.15) is 17.6 Å². The van der Waals surface area contributed by atoms with Crippen molar-refractivity contribution < 1.29 is 14.6 Å². The van der Waals surface area contributed by atoms with Gasteiger partial charge in [0.15, 0.2) is 23.2 Å². The predicted molar refractivity (Wildman–Crippen MR) is 118 cm³/mol. The van der Waals surface area contributed by atoms with E-state index in [9.17, 15) is 5.11 Å². The number of hydrogen-bond acceptors (Lipinski definition) is 6. The van der Waals surface area contributed by atoms with Crippen LogP contribution in [-0.2, 0) is 0 Å². The molecule has 6 nitrogen and oxygen atoms in total. The van der Waals surface area contributed by atoms with Crippen molar-refractivity contribution in [3.63, 3.8) is 0 Å². The maximum absolute atomic E-state index is 10.4. The van der Waals surface area contributed by atoms with Gasteiger partial charge in [-0.25, -0.2) is 15.0 Å². The first-order chi connectivity index (χ1) is 15.2. The zero-order valence-corrected chi connectivity index (χ0v) is 17.0. The molecule has 31 heavy (non-hydrogen) atoms. The summed E-state index contributed by atoms with van der Waals surface area (Å²) < 4.78 is 11.1. The Morgan fingerprint density at radius 1 is 0.677 bits per heavy atom. The van der Waals surface area contributed by atoms with Crippen molar-refractivity contribution in [1.29, 1.82) is 0 Å². The number of rotatable bonds is 5. The molecule has 4 rings (SSSR count). The summed E-state index contributed by atoms with van der Waals surface area (Å²) >= 11 is 0. The molecule has 0 fully saturated rings. The van der Waals surface area contributed by atoms with Crippen molar-refractivity contribution in [3.8, 4) is 63.4 Å². The highest BCUT2D eigenvalue weighted by atomic mass is 16.5. The summed E-state index contributed by atoms with van der Waals surface area (Å²) in [5.74, 6) is 5.09. The van der Waals surface area contributed by atoms with Crippen LogP contribution < -0.4 is 9.47 Å². The third-order valence-electron chi connectivity index (χ3n) is 4.52. The first kappa shape index (κ1) is 19.9. The van der Waals surface area contributed by atoms with Gasteiger partial charge in [-0.1, -0.05) is 42.3 Å². The molecule has 6 heteroatoms. The molecule has 1 N–H and O–H groups in total. The van der Waals surface area contributed by atoms with Crippen LogP contribution in [0, 0.1) is 12.0 Å². The third-order valence-corrected chi connectivity index (χ3v) is 4.52. The SMILES string of the molecule is CC#COc1ccccc1-c1nc(-c2ccccc2O)nc(-c2ccccc2OC)n1. The molecule has 0 radical (unpaired) electrons. The fourth-order valence-corrected chi connectivity index (χ4v) is 3.08. The van der Waals surface area contributed by atoms with E-state index in [1.807, 2.05) is 48.5 Å². The largest absolute Gasteiger partial charge is 0.507 e. The van der Waals surface area contributed by atoms with Crippen LogP contribution in [0.2, 0.25) is 0 Å². The summed E-state index contributed by atoms with van der Waals surface area (Å²) in [6, 6.07) is 21.7. The van der Waals surface area contributed by atoms with Gasteiger partial charge < -0.3 is 14.6 Å². The fraction of sp³-hybridized carbons (Fsp3) is 0.0800. The van der Waals surface area contributed by atoms with Crippen molar-refractivity contribution in [2.75, 3.05) is 7.11 Å². The number of ether oxygens (including phenoxy) is 2. The zero-order valence-electron chi connectivity index (χ0n) is 17.0. The minimum atomic E-state index is 0.0759. The summed E-state index contributed by atoms with van der Waals surface area (Å²) in [7, 11) is 1.59. The lowest BCUT2D eigenvalue weighted by Gasteiger charge is -2.12. The number of phenolic OH excluding ortho intramolecular Hbond substituents is 1. The monoisotopic (exact) mass is 409 g/mol. The number of methoxy groups -OCH3 is 1. The van der Waals surface area contributed by atoms with E-state index in [0.29, 0.717) is 45.7 Å². The Bertz CT molecular complexity index is 1290. The van der Waals surface area contributed by atoms with E-state index >= 15 is 0 Å². The molecule has 0 saturated heterocycles. The highest BCUT2D eigenvalue weighted by Crippen LogP contribution is 2.34. The molecule has 0 bridgehead atoms. The van der Waals surface area contributed by atoms with E-state index < -0.39 is 0 Å². The Morgan fingerprint density at radius 2 is 1.16 bits per heavy atom. The molecule has 0 saturated carbocycles. The number of para-hydroxylation sites is 3. The van der Waals surface area contributed by atoms with E-state index in [4.69, 9.17) is 14.5 Å². The van der Waals surface area contributed by atoms with E-state index in [0.717, 1.165) is 0 Å². The number of benzene rings is 3. The van der Waals surface area contributed by atoms with Crippen molar-refractivity contribution in [2.45, 2.75) is 6.92 Å². The molecular formula is C25H19N3O3. The molecule has 0 unspecified atom stereocenters. The van der Waals surface area contributed by atoms with Crippen LogP contribution in [-0.4, -0.2) is 27.2 Å². The zero-order chi connectivity index (χ0) is 21.6. The quantitative estimate of drug-likeness (QED) is 0.470. The molecule has 152 valence electrons. The summed E-state index contributed by atoms with van der Waals surface area (Å²) in [5.41, 5.74) is 1.85. The average molecular weight is 409 g/mol. The van der Waals surface area contributed by atoms with Crippen LogP contribution >= 0.6 is 0 Å². The van der Waals surface area contributed by atoms with Gasteiger partial charge in [-0.3, -0.25) is 0 Å². The Morgan fingerprint density at radius 3 is 1.74 bits per heavy atom. The molecule has 0 aliphatic rings. The molecule has 1 heterocycles. The number of phenols is 1. The Hall–Kier alpha value is -4.37. The van der Waals surface area contributed by atoms with E-state index in [-0.39, 0.29) is 5.75 Å². The molecule has 0 spiro atoms. The standard InChI is InChI=1S/C25H19N3O3/c1-3-16-31-22-15-9-6-12-19(22)25-27-23(17-10-4-7-13-20(17)29)26-24(28-25)18-11-5-8-14-21(18)30-2/h4-15,29H,1-2H3. The Labute approximate surface area is 180 Å². The van der Waals surface area contributed by atoms with Gasteiger partial charge in [0.2, 0.25) is 0 Å². The summed E-state index contributed by atoms with van der Waals surface area (Å²) in [4.78, 5) is 14.0. The lowest BCUT2D eigenvalue weighted by atomic mass is 10.1. The van der Waals surface area contributed by atoms with E-state index in [1.54, 1.807) is 38.3 Å². The Kier molecular flexibility index (Phi) is 5.77. The molecule has 0 aliphatic carbocycles. The smallest absolute Gasteiger partial charge is 0.167 e. The number of aromatic nitrogens is 3. The minimum absolute atomic E-state index is 0.0759. The van der Waals surface area contributed by atoms with Gasteiger partial charge in [0.25, 0.3) is 0 Å². The van der Waals surface area contributed by atoms with Crippen LogP contribution in [0.25, 0.3) is 34.2 Å². The number of hydrogen-bond donors (Lipinski definition) is 1. The maximum atomic E-state index is 10.4. The predicted octanol–water partition coefficient (Wildman–Crippen LogP) is 4.95. The summed E-state index contributed by atoms with van der Waals surface area (Å²) in [6.45, 7) is 1.70. The van der Waals surface area contributed by atoms with Gasteiger partial charge >= 0.3 is 0 Å². The van der Waals surface area contributed by atoms with Crippen LogP contribution in [0.15, 0.2) is 72.8 Å². The third kappa shape index (κ3) is 4.16. The molecule has 4 aromatic rings. The second-order valence-electron chi connectivity index (χ2n) is 6.47. The van der Waals surface area contributed by atoms with E-state index in [1.165, 1.54) is 0 Å². The van der Waals surface area contributed by atoms with E-state index in [2.05, 4.69) is 22.0 Å². The average Bonchev–Trinajstić information content (AvgIpc) is 2.83. The van der Waals surface area contributed by atoms with Crippen molar-refractivity contribution >= 4 is 0 Å². The van der Waals surface area contributed by atoms with Crippen LogP contribution in [0.4, 0.5) is 0 Å². The second-order valence-corrected chi connectivity index (χ2v) is 6.47. The highest BCUT2D eigenvalue weighted by molar-refractivity contribution is 5.73. The molecule has 0 atom stereocenters. The lowest BCUT2D eigenvalue weighted by Crippen LogP contribution is -2.02. The van der Waals surface area contributed by atoms with Gasteiger partial charge in [0, 0.05) is 6.92 Å². The summed E-state index contributed by atoms with van der Waals surface area (Å²) in [6.07, 6.45) is 2.61. The number of aromatic hydroxyl groups is 1. The molecule has 1 aromatic heterocycles. The van der Waals surface area contributed by atoms with Gasteiger partial charge in [-0.15, -0.1) is 0 Å². The Balaban J connectivity index is 1.97. The molecular weight excluding hydrogens is 390 g/mol. The van der Waals surface area contributed by atoms with Crippen molar-refractivity contribution in [1.82, 2.24) is 15.0 Å². The van der Waals surface area contributed by atoms with Crippen LogP contribution in [0.3, 0.4) is 0 Å². The molecule has 3 aromatic carbocycles. The topological polar surface area (TPSA) is 77.4 Å². The van der Waals surface area contributed by atoms with Crippen molar-refractivity contribution in [2.24, 2.45) is 0 Å². The normalized spacial score (nSPS) is 10.1. The van der Waals surface area contributed by atoms with Gasteiger partial charge in [-0.05, 0) is 36.4 Å². The molecule has 0 amide bonds. The van der Waals surface area contributed by atoms with Crippen LogP contribution in [0.5, 0.6) is 17.2 Å². The van der Waals surface area contributed by atoms with Crippen LogP contribution in [0.1, 0.15) is 6.92 Å². The highest BCUT2D eigenvalue weighted by Gasteiger charge is 2.18. The van der Waals surface area contributed by atoms with Gasteiger partial charge in [0.05, 0.1) is 23.8 Å². The first-order valence-electron chi connectivity index (χ1n) is 9.57. The number of nitrogens with zero attached hydrogens (tertiary/aromatic N) is 3. The maximum Gasteiger partial charge on any atom is 0.167 e. The first-order valence-corrected chi connectivity index (χ1v) is 9.57. The molecule has 0 aliphatic heterocycles. The van der Waals surface area contributed by atoms with Gasteiger partial charge in [-0.2, -0.15) is 0 Å². The summed E-state index contributed by atoms with van der Waals surface area (Å²) in [5, 5.41) is 10.4. The fourth-order valence-electron chi connectivity index (χ4n) is 3.08. The second kappa shape index (κ2) is 8.97. The lowest BCUT2D eigenvalue weighted by molar-refractivity contribution is 0.416. The minimum Gasteiger partial charge on any atom is -0.507 e.